The van der Waals surface area contributed by atoms with Gasteiger partial charge < -0.3 is 9.64 Å². The summed E-state index contributed by atoms with van der Waals surface area (Å²) in [5.74, 6) is -1.10. The minimum absolute atomic E-state index is 0.113. The van der Waals surface area contributed by atoms with Crippen molar-refractivity contribution in [3.05, 3.63) is 65.2 Å². The smallest absolute Gasteiger partial charge is 0.325 e. The third-order valence-electron chi connectivity index (χ3n) is 6.22. The van der Waals surface area contributed by atoms with Crippen LogP contribution in [0.1, 0.15) is 37.0 Å². The van der Waals surface area contributed by atoms with E-state index in [4.69, 9.17) is 4.74 Å². The van der Waals surface area contributed by atoms with Gasteiger partial charge in [0.05, 0.1) is 5.75 Å². The highest BCUT2D eigenvalue weighted by atomic mass is 32.2. The number of hydrogen-bond donors (Lipinski definition) is 0. The van der Waals surface area contributed by atoms with E-state index in [-0.39, 0.29) is 24.6 Å². The Balaban J connectivity index is 1.54. The third-order valence-corrected chi connectivity index (χ3v) is 8.04. The Morgan fingerprint density at radius 3 is 2.44 bits per heavy atom. The van der Waals surface area contributed by atoms with Gasteiger partial charge in [-0.05, 0) is 49.4 Å². The van der Waals surface area contributed by atoms with Gasteiger partial charge in [-0.25, -0.2) is 8.42 Å². The van der Waals surface area contributed by atoms with Crippen molar-refractivity contribution in [1.82, 2.24) is 4.31 Å². The molecule has 2 aliphatic heterocycles. The molecular weight excluding hydrogens is 428 g/mol. The fourth-order valence-electron chi connectivity index (χ4n) is 4.44. The van der Waals surface area contributed by atoms with Crippen molar-refractivity contribution < 1.29 is 22.7 Å². The first kappa shape index (κ1) is 22.5. The van der Waals surface area contributed by atoms with Crippen molar-refractivity contribution >= 4 is 27.6 Å². The predicted molar refractivity (Wildman–Crippen MR) is 122 cm³/mol. The van der Waals surface area contributed by atoms with Gasteiger partial charge >= 0.3 is 5.97 Å². The van der Waals surface area contributed by atoms with Gasteiger partial charge in [-0.2, -0.15) is 4.31 Å². The molecule has 0 saturated carbocycles. The minimum atomic E-state index is -3.64. The molecule has 7 nitrogen and oxygen atoms in total. The van der Waals surface area contributed by atoms with Gasteiger partial charge in [0.1, 0.15) is 6.04 Å². The molecule has 4 rings (SSSR count). The zero-order valence-corrected chi connectivity index (χ0v) is 19.2. The summed E-state index contributed by atoms with van der Waals surface area (Å²) in [5.41, 5.74) is 3.73. The van der Waals surface area contributed by atoms with Crippen LogP contribution in [0.3, 0.4) is 0 Å². The van der Waals surface area contributed by atoms with Crippen molar-refractivity contribution in [1.29, 1.82) is 0 Å². The lowest BCUT2D eigenvalue weighted by Crippen LogP contribution is -2.51. The molecule has 2 heterocycles. The molecule has 0 fully saturated rings. The summed E-state index contributed by atoms with van der Waals surface area (Å²) in [6, 6.07) is 14.2. The van der Waals surface area contributed by atoms with E-state index in [2.05, 4.69) is 0 Å². The lowest BCUT2D eigenvalue weighted by molar-refractivity contribution is -0.158. The summed E-state index contributed by atoms with van der Waals surface area (Å²) in [4.78, 5) is 27.9. The van der Waals surface area contributed by atoms with Crippen LogP contribution in [-0.4, -0.2) is 49.0 Å². The van der Waals surface area contributed by atoms with Crippen LogP contribution in [-0.2, 0) is 43.7 Å². The molecule has 2 atom stereocenters. The van der Waals surface area contributed by atoms with Crippen LogP contribution < -0.4 is 4.90 Å². The van der Waals surface area contributed by atoms with Crippen molar-refractivity contribution in [2.24, 2.45) is 0 Å². The molecule has 1 amide bonds. The average Bonchev–Trinajstić information content (AvgIpc) is 2.82. The van der Waals surface area contributed by atoms with Crippen molar-refractivity contribution in [2.75, 3.05) is 17.2 Å². The number of para-hydroxylation sites is 1. The average molecular weight is 457 g/mol. The number of benzene rings is 2. The first-order valence-electron chi connectivity index (χ1n) is 11.0. The number of rotatable bonds is 5. The standard InChI is InChI=1S/C24H28N2O5S/c1-3-32(29,30)26-16-20-11-5-4-10-19(20)15-22(26)24(28)31-17(2)23(27)25-14-8-12-18-9-6-7-13-21(18)25/h4-7,9-11,13,17,22H,3,8,12,14-16H2,1-2H3/t17?,22-/m0/s1. The second-order valence-electron chi connectivity index (χ2n) is 8.24. The summed E-state index contributed by atoms with van der Waals surface area (Å²) < 4.78 is 32.2. The molecule has 2 aromatic carbocycles. The number of hydrogen-bond acceptors (Lipinski definition) is 5. The zero-order valence-electron chi connectivity index (χ0n) is 18.4. The van der Waals surface area contributed by atoms with E-state index >= 15 is 0 Å². The van der Waals surface area contributed by atoms with E-state index in [9.17, 15) is 18.0 Å². The van der Waals surface area contributed by atoms with E-state index in [0.29, 0.717) is 6.54 Å². The number of fused-ring (bicyclic) bond motifs is 2. The monoisotopic (exact) mass is 456 g/mol. The molecule has 0 bridgehead atoms. The summed E-state index contributed by atoms with van der Waals surface area (Å²) in [7, 11) is -3.64. The molecule has 8 heteroatoms. The molecule has 1 unspecified atom stereocenters. The maximum absolute atomic E-state index is 13.1. The largest absolute Gasteiger partial charge is 0.451 e. The van der Waals surface area contributed by atoms with Crippen LogP contribution in [0.4, 0.5) is 5.69 Å². The Bertz CT molecular complexity index is 1130. The number of carbonyl (C=O) groups is 2. The van der Waals surface area contributed by atoms with Gasteiger partial charge in [0.25, 0.3) is 5.91 Å². The highest BCUT2D eigenvalue weighted by molar-refractivity contribution is 7.89. The molecule has 0 aliphatic carbocycles. The molecule has 2 aliphatic rings. The van der Waals surface area contributed by atoms with E-state index in [0.717, 1.165) is 35.2 Å². The quantitative estimate of drug-likeness (QED) is 0.646. The first-order valence-corrected chi connectivity index (χ1v) is 12.6. The lowest BCUT2D eigenvalue weighted by Gasteiger charge is -2.35. The molecular formula is C24H28N2O5S. The predicted octanol–water partition coefficient (Wildman–Crippen LogP) is 2.67. The summed E-state index contributed by atoms with van der Waals surface area (Å²) >= 11 is 0. The maximum atomic E-state index is 13.1. The van der Waals surface area contributed by atoms with Crippen LogP contribution in [0, 0.1) is 0 Å². The Kier molecular flexibility index (Phi) is 6.35. The van der Waals surface area contributed by atoms with Crippen molar-refractivity contribution in [3.63, 3.8) is 0 Å². The Labute approximate surface area is 189 Å². The number of amides is 1. The second kappa shape index (κ2) is 9.03. The second-order valence-corrected chi connectivity index (χ2v) is 10.4. The lowest BCUT2D eigenvalue weighted by atomic mass is 9.96. The van der Waals surface area contributed by atoms with Gasteiger partial charge in [0, 0.05) is 25.2 Å². The minimum Gasteiger partial charge on any atom is -0.451 e. The van der Waals surface area contributed by atoms with Gasteiger partial charge in [0.2, 0.25) is 10.0 Å². The van der Waals surface area contributed by atoms with Crippen molar-refractivity contribution in [2.45, 2.75) is 51.8 Å². The van der Waals surface area contributed by atoms with Crippen LogP contribution in [0.5, 0.6) is 0 Å². The molecule has 0 aromatic heterocycles. The van der Waals surface area contributed by atoms with Crippen LogP contribution in [0.2, 0.25) is 0 Å². The fraction of sp³-hybridized carbons (Fsp3) is 0.417. The number of carbonyl (C=O) groups excluding carboxylic acids is 2. The molecule has 170 valence electrons. The molecule has 2 aromatic rings. The van der Waals surface area contributed by atoms with Gasteiger partial charge in [0.15, 0.2) is 6.10 Å². The van der Waals surface area contributed by atoms with Crippen molar-refractivity contribution in [3.8, 4) is 0 Å². The SMILES string of the molecule is CCS(=O)(=O)N1Cc2ccccc2C[C@H]1C(=O)OC(C)C(=O)N1CCCc2ccccc21. The van der Waals surface area contributed by atoms with Gasteiger partial charge in [-0.1, -0.05) is 42.5 Å². The number of aryl methyl sites for hydroxylation is 1. The number of sulfonamides is 1. The topological polar surface area (TPSA) is 84.0 Å². The highest BCUT2D eigenvalue weighted by Gasteiger charge is 2.40. The number of anilines is 1. The summed E-state index contributed by atoms with van der Waals surface area (Å²) in [6.07, 6.45) is 0.948. The van der Waals surface area contributed by atoms with E-state index in [1.54, 1.807) is 18.7 Å². The number of esters is 1. The van der Waals surface area contributed by atoms with Crippen LogP contribution in [0.15, 0.2) is 48.5 Å². The van der Waals surface area contributed by atoms with E-state index in [1.807, 2.05) is 48.5 Å². The van der Waals surface area contributed by atoms with Crippen LogP contribution in [0.25, 0.3) is 0 Å². The molecule has 32 heavy (non-hydrogen) atoms. The Hall–Kier alpha value is -2.71. The summed E-state index contributed by atoms with van der Waals surface area (Å²) in [5, 5.41) is 0. The number of nitrogens with zero attached hydrogens (tertiary/aromatic N) is 2. The normalized spacial score (nSPS) is 19.6. The Morgan fingerprint density at radius 2 is 1.72 bits per heavy atom. The molecule has 0 N–H and O–H groups in total. The summed E-state index contributed by atoms with van der Waals surface area (Å²) in [6.45, 7) is 3.78. The zero-order chi connectivity index (χ0) is 22.9. The van der Waals surface area contributed by atoms with E-state index < -0.39 is 28.1 Å². The highest BCUT2D eigenvalue weighted by Crippen LogP contribution is 2.29. The maximum Gasteiger partial charge on any atom is 0.325 e. The first-order chi connectivity index (χ1) is 15.3. The molecule has 0 spiro atoms. The van der Waals surface area contributed by atoms with E-state index in [1.165, 1.54) is 4.31 Å². The molecule has 0 saturated heterocycles. The third kappa shape index (κ3) is 4.29. The van der Waals surface area contributed by atoms with Crippen LogP contribution >= 0.6 is 0 Å². The van der Waals surface area contributed by atoms with Gasteiger partial charge in [-0.15, -0.1) is 0 Å². The number of ether oxygens (including phenoxy) is 1. The van der Waals surface area contributed by atoms with Gasteiger partial charge in [-0.3, -0.25) is 9.59 Å². The molecule has 0 radical (unpaired) electrons. The fourth-order valence-corrected chi connectivity index (χ4v) is 5.66. The Morgan fingerprint density at radius 1 is 1.06 bits per heavy atom.